The third-order valence-corrected chi connectivity index (χ3v) is 4.39. The number of ether oxygens (including phenoxy) is 1. The van der Waals surface area contributed by atoms with Crippen molar-refractivity contribution in [1.82, 2.24) is 0 Å². The lowest BCUT2D eigenvalue weighted by molar-refractivity contribution is 0.00578. The molecule has 1 aliphatic rings. The second kappa shape index (κ2) is 4.37. The molecule has 2 rings (SSSR count). The summed E-state index contributed by atoms with van der Waals surface area (Å²) in [4.78, 5) is 11.7. The highest BCUT2D eigenvalue weighted by Gasteiger charge is 2.52. The molecule has 0 radical (unpaired) electrons. The average Bonchev–Trinajstić information content (AvgIpc) is 2.80. The van der Waals surface area contributed by atoms with Crippen LogP contribution in [0.4, 0.5) is 0 Å². The third kappa shape index (κ3) is 2.20. The van der Waals surface area contributed by atoms with Gasteiger partial charge in [-0.2, -0.15) is 11.3 Å². The second-order valence-corrected chi connectivity index (χ2v) is 6.16. The van der Waals surface area contributed by atoms with E-state index in [1.165, 1.54) is 16.7 Å². The van der Waals surface area contributed by atoms with E-state index in [1.807, 2.05) is 27.7 Å². The highest BCUT2D eigenvalue weighted by Crippen LogP contribution is 2.36. The number of thiophene rings is 1. The van der Waals surface area contributed by atoms with E-state index in [9.17, 15) is 4.79 Å². The fraction of sp³-hybridized carbons (Fsp3) is 0.583. The van der Waals surface area contributed by atoms with Gasteiger partial charge in [0.05, 0.1) is 27.9 Å². The van der Waals surface area contributed by atoms with Gasteiger partial charge in [-0.25, -0.2) is 4.79 Å². The summed E-state index contributed by atoms with van der Waals surface area (Å²) >= 11 is 1.27. The maximum absolute atomic E-state index is 11.7. The van der Waals surface area contributed by atoms with Crippen molar-refractivity contribution in [3.63, 3.8) is 0 Å². The maximum atomic E-state index is 11.7. The molecule has 0 atom stereocenters. The topological polar surface area (TPSA) is 44.8 Å². The summed E-state index contributed by atoms with van der Waals surface area (Å²) in [6.07, 6.45) is 0. The van der Waals surface area contributed by atoms with E-state index in [-0.39, 0.29) is 5.56 Å². The van der Waals surface area contributed by atoms with Gasteiger partial charge in [0.15, 0.2) is 0 Å². The molecule has 0 N–H and O–H groups in total. The Kier molecular flexibility index (Phi) is 2.43. The van der Waals surface area contributed by atoms with Gasteiger partial charge in [0.25, 0.3) is 0 Å². The molecular weight excluding hydrogens is 251 g/mol. The molecule has 1 aliphatic heterocycles. The Morgan fingerprint density at radius 1 is 1.39 bits per heavy atom. The summed E-state index contributed by atoms with van der Waals surface area (Å²) in [5, 5.41) is 1.54. The SMILES string of the molecule is [2H]C([2H])([2H])OC(=O)c1csc(B2OC(C)(C)C(C)(C)O2)c1. The van der Waals surface area contributed by atoms with Crippen LogP contribution in [0.2, 0.25) is 0 Å². The molecule has 0 unspecified atom stereocenters. The predicted molar refractivity (Wildman–Crippen MR) is 71.4 cm³/mol. The minimum Gasteiger partial charge on any atom is -0.465 e. The molecule has 4 nitrogen and oxygen atoms in total. The van der Waals surface area contributed by atoms with Crippen molar-refractivity contribution in [1.29, 1.82) is 0 Å². The molecule has 1 aromatic rings. The lowest BCUT2D eigenvalue weighted by atomic mass is 9.87. The van der Waals surface area contributed by atoms with Crippen LogP contribution in [0.5, 0.6) is 0 Å². The average molecular weight is 271 g/mol. The van der Waals surface area contributed by atoms with Crippen molar-refractivity contribution in [3.8, 4) is 0 Å². The molecule has 1 fully saturated rings. The zero-order valence-electron chi connectivity index (χ0n) is 13.8. The number of carbonyl (C=O) groups excluding carboxylic acids is 1. The van der Waals surface area contributed by atoms with E-state index in [1.54, 1.807) is 6.07 Å². The van der Waals surface area contributed by atoms with Crippen molar-refractivity contribution in [2.45, 2.75) is 38.9 Å². The summed E-state index contributed by atoms with van der Waals surface area (Å²) < 4.78 is 37.6. The van der Waals surface area contributed by atoms with Crippen LogP contribution in [0.15, 0.2) is 11.4 Å². The maximum Gasteiger partial charge on any atom is 0.505 e. The van der Waals surface area contributed by atoms with Gasteiger partial charge in [-0.05, 0) is 33.8 Å². The fourth-order valence-electron chi connectivity index (χ4n) is 1.60. The molecule has 0 bridgehead atoms. The molecule has 0 aromatic carbocycles. The van der Waals surface area contributed by atoms with Crippen molar-refractivity contribution < 1.29 is 23.0 Å². The summed E-state index contributed by atoms with van der Waals surface area (Å²) in [7, 11) is -3.32. The predicted octanol–water partition coefficient (Wildman–Crippen LogP) is 1.83. The Labute approximate surface area is 116 Å². The summed E-state index contributed by atoms with van der Waals surface area (Å²) in [6, 6.07) is 1.54. The van der Waals surface area contributed by atoms with Crippen LogP contribution in [0.25, 0.3) is 0 Å². The van der Waals surface area contributed by atoms with Gasteiger partial charge in [-0.1, -0.05) is 0 Å². The zero-order chi connectivity index (χ0) is 16.1. The standard InChI is InChI=1S/C12H17BO4S/c1-11(2)12(3,4)17-13(16-11)9-6-8(7-18-9)10(14)15-5/h6-7H,1-5H3/i5D3. The second-order valence-electron chi connectivity index (χ2n) is 5.22. The van der Waals surface area contributed by atoms with Crippen LogP contribution in [-0.2, 0) is 14.0 Å². The Morgan fingerprint density at radius 2 is 2.00 bits per heavy atom. The molecule has 1 aromatic heterocycles. The molecule has 1 saturated heterocycles. The van der Waals surface area contributed by atoms with Gasteiger partial charge in [-0.15, -0.1) is 0 Å². The summed E-state index contributed by atoms with van der Waals surface area (Å²) in [6.45, 7) is 7.74. The van der Waals surface area contributed by atoms with Crippen molar-refractivity contribution in [2.24, 2.45) is 0 Å². The molecule has 0 spiro atoms. The molecule has 0 amide bonds. The van der Waals surface area contributed by atoms with Gasteiger partial charge in [0, 0.05) is 10.2 Å². The minimum absolute atomic E-state index is 0.181. The van der Waals surface area contributed by atoms with Gasteiger partial charge in [-0.3, -0.25) is 0 Å². The van der Waals surface area contributed by atoms with Crippen molar-refractivity contribution in [3.05, 3.63) is 17.0 Å². The Bertz CT molecular complexity index is 537. The molecule has 0 saturated carbocycles. The normalized spacial score (nSPS) is 24.2. The van der Waals surface area contributed by atoms with E-state index in [0.717, 1.165) is 0 Å². The van der Waals surface area contributed by atoms with Crippen LogP contribution in [0.1, 0.15) is 42.2 Å². The van der Waals surface area contributed by atoms with Gasteiger partial charge < -0.3 is 14.0 Å². The first-order chi connectivity index (χ1) is 9.41. The lowest BCUT2D eigenvalue weighted by Crippen LogP contribution is -2.41. The smallest absolute Gasteiger partial charge is 0.465 e. The molecule has 98 valence electrons. The first-order valence-corrected chi connectivity index (χ1v) is 6.47. The van der Waals surface area contributed by atoms with Crippen molar-refractivity contribution >= 4 is 29.2 Å². The first-order valence-electron chi connectivity index (χ1n) is 7.09. The molecule has 0 aliphatic carbocycles. The Balaban J connectivity index is 2.13. The van der Waals surface area contributed by atoms with Crippen LogP contribution in [0, 0.1) is 0 Å². The summed E-state index contributed by atoms with van der Waals surface area (Å²) in [5.41, 5.74) is -0.761. The summed E-state index contributed by atoms with van der Waals surface area (Å²) in [5.74, 6) is -0.881. The van der Waals surface area contributed by atoms with E-state index in [4.69, 9.17) is 13.4 Å². The van der Waals surface area contributed by atoms with Gasteiger partial charge in [0.1, 0.15) is 0 Å². The quantitative estimate of drug-likeness (QED) is 0.608. The largest absolute Gasteiger partial charge is 0.505 e. The van der Waals surface area contributed by atoms with Crippen molar-refractivity contribution in [2.75, 3.05) is 7.04 Å². The van der Waals surface area contributed by atoms with Crippen LogP contribution in [0.3, 0.4) is 0 Å². The molecular formula is C12H17BO4S. The van der Waals surface area contributed by atoms with Crippen LogP contribution >= 0.6 is 11.3 Å². The van der Waals surface area contributed by atoms with Crippen LogP contribution < -0.4 is 4.78 Å². The van der Waals surface area contributed by atoms with E-state index in [2.05, 4.69) is 4.74 Å². The number of methoxy groups -OCH3 is 1. The molecule has 6 heteroatoms. The lowest BCUT2D eigenvalue weighted by Gasteiger charge is -2.32. The fourth-order valence-corrected chi connectivity index (χ4v) is 2.43. The highest BCUT2D eigenvalue weighted by molar-refractivity contribution is 7.21. The monoisotopic (exact) mass is 271 g/mol. The van der Waals surface area contributed by atoms with Gasteiger partial charge in [0.2, 0.25) is 0 Å². The van der Waals surface area contributed by atoms with Crippen LogP contribution in [-0.4, -0.2) is 31.3 Å². The number of hydrogen-bond acceptors (Lipinski definition) is 5. The number of rotatable bonds is 2. The Hall–Kier alpha value is -0.845. The van der Waals surface area contributed by atoms with E-state index >= 15 is 0 Å². The first kappa shape index (κ1) is 10.0. The third-order valence-electron chi connectivity index (χ3n) is 3.43. The molecule has 2 heterocycles. The highest BCUT2D eigenvalue weighted by atomic mass is 32.1. The number of esters is 1. The van der Waals surface area contributed by atoms with E-state index in [0.29, 0.717) is 4.78 Å². The zero-order valence-corrected chi connectivity index (χ0v) is 11.6. The van der Waals surface area contributed by atoms with Gasteiger partial charge >= 0.3 is 13.1 Å². The van der Waals surface area contributed by atoms with E-state index < -0.39 is 31.3 Å². The Morgan fingerprint density at radius 3 is 2.56 bits per heavy atom. The molecule has 18 heavy (non-hydrogen) atoms. The number of hydrogen-bond donors (Lipinski definition) is 0. The number of carbonyl (C=O) groups is 1. The minimum atomic E-state index is -2.75.